The van der Waals surface area contributed by atoms with Gasteiger partial charge in [-0.1, -0.05) is 6.07 Å². The minimum Gasteiger partial charge on any atom is -0.492 e. The Bertz CT molecular complexity index is 644. The quantitative estimate of drug-likeness (QED) is 0.739. The van der Waals surface area contributed by atoms with Gasteiger partial charge in [-0.15, -0.1) is 0 Å². The number of aromatic nitrogens is 1. The van der Waals surface area contributed by atoms with Gasteiger partial charge in [0.05, 0.1) is 6.54 Å². The van der Waals surface area contributed by atoms with Crippen LogP contribution < -0.4 is 15.8 Å². The van der Waals surface area contributed by atoms with Gasteiger partial charge in [0.15, 0.2) is 0 Å². The molecule has 0 amide bonds. The maximum atomic E-state index is 13.2. The summed E-state index contributed by atoms with van der Waals surface area (Å²) in [6, 6.07) is 8.29. The Morgan fingerprint density at radius 1 is 1.25 bits per heavy atom. The third-order valence-corrected chi connectivity index (χ3v) is 2.69. The van der Waals surface area contributed by atoms with Crippen molar-refractivity contribution in [2.24, 2.45) is 0 Å². The van der Waals surface area contributed by atoms with Crippen molar-refractivity contribution in [3.63, 3.8) is 0 Å². The van der Waals surface area contributed by atoms with E-state index in [1.807, 2.05) is 0 Å². The van der Waals surface area contributed by atoms with Crippen LogP contribution >= 0.6 is 0 Å². The molecule has 0 unspecified atom stereocenters. The fourth-order valence-electron chi connectivity index (χ4n) is 1.72. The number of nitrogens with zero attached hydrogens (tertiary/aromatic N) is 1. The zero-order valence-corrected chi connectivity index (χ0v) is 10.6. The monoisotopic (exact) mass is 277 g/mol. The Morgan fingerprint density at radius 3 is 2.75 bits per heavy atom. The second kappa shape index (κ2) is 6.36. The predicted molar refractivity (Wildman–Crippen MR) is 72.4 cm³/mol. The molecule has 0 spiro atoms. The molecule has 7 heteroatoms. The number of hydrogen-bond acceptors (Lipinski definition) is 4. The number of pyridine rings is 1. The second-order valence-electron chi connectivity index (χ2n) is 4.17. The first-order valence-electron chi connectivity index (χ1n) is 6.01. The summed E-state index contributed by atoms with van der Waals surface area (Å²) in [4.78, 5) is 11.4. The fraction of sp³-hybridized carbons (Fsp3) is 0.154. The van der Waals surface area contributed by atoms with E-state index >= 15 is 0 Å². The molecule has 20 heavy (non-hydrogen) atoms. The lowest BCUT2D eigenvalue weighted by atomic mass is 9.80. The first kappa shape index (κ1) is 14.3. The summed E-state index contributed by atoms with van der Waals surface area (Å²) in [6.07, 6.45) is 1.63. The van der Waals surface area contributed by atoms with Crippen LogP contribution in [-0.4, -0.2) is 28.3 Å². The molecule has 104 valence electrons. The number of benzene rings is 1. The molecule has 5 nitrogen and oxygen atoms in total. The van der Waals surface area contributed by atoms with Gasteiger partial charge in [0.1, 0.15) is 18.2 Å². The minimum absolute atomic E-state index is 0.0110. The molecule has 0 fully saturated rings. The third-order valence-electron chi connectivity index (χ3n) is 2.69. The predicted octanol–water partition coefficient (Wildman–Crippen LogP) is -0.254. The summed E-state index contributed by atoms with van der Waals surface area (Å²) in [6.45, 7) is 0.474. The minimum atomic E-state index is -1.76. The van der Waals surface area contributed by atoms with Crippen molar-refractivity contribution in [2.45, 2.75) is 6.54 Å². The van der Waals surface area contributed by atoms with E-state index in [0.29, 0.717) is 6.54 Å². The number of rotatable bonds is 5. The molecular formula is C13H13BFNO4. The molecule has 0 radical (unpaired) electrons. The SMILES string of the molecule is O=c1ccccn1CCOc1cc(F)cc(B(O)O)c1. The summed E-state index contributed by atoms with van der Waals surface area (Å²) in [5.74, 6) is -0.445. The Balaban J connectivity index is 2.01. The van der Waals surface area contributed by atoms with Gasteiger partial charge in [-0.2, -0.15) is 0 Å². The molecule has 0 aliphatic rings. The van der Waals surface area contributed by atoms with Crippen LogP contribution in [0.4, 0.5) is 4.39 Å². The molecule has 1 heterocycles. The molecule has 1 aromatic carbocycles. The van der Waals surface area contributed by atoms with Crippen LogP contribution in [-0.2, 0) is 6.54 Å². The van der Waals surface area contributed by atoms with Crippen molar-refractivity contribution in [1.29, 1.82) is 0 Å². The summed E-state index contributed by atoms with van der Waals surface area (Å²) in [5, 5.41) is 18.0. The van der Waals surface area contributed by atoms with Gasteiger partial charge in [0, 0.05) is 18.3 Å². The summed E-state index contributed by atoms with van der Waals surface area (Å²) in [5.41, 5.74) is -0.140. The molecule has 0 atom stereocenters. The van der Waals surface area contributed by atoms with Crippen molar-refractivity contribution in [3.05, 3.63) is 58.8 Å². The van der Waals surface area contributed by atoms with Crippen molar-refractivity contribution >= 4 is 12.6 Å². The topological polar surface area (TPSA) is 71.7 Å². The molecule has 0 saturated heterocycles. The number of ether oxygens (including phenoxy) is 1. The molecule has 1 aromatic heterocycles. The average Bonchev–Trinajstić information content (AvgIpc) is 2.40. The lowest BCUT2D eigenvalue weighted by Gasteiger charge is -2.09. The highest BCUT2D eigenvalue weighted by Gasteiger charge is 2.13. The maximum absolute atomic E-state index is 13.2. The van der Waals surface area contributed by atoms with Crippen LogP contribution in [0.1, 0.15) is 0 Å². The van der Waals surface area contributed by atoms with Crippen molar-refractivity contribution in [1.82, 2.24) is 4.57 Å². The lowest BCUT2D eigenvalue weighted by molar-refractivity contribution is 0.295. The van der Waals surface area contributed by atoms with Crippen molar-refractivity contribution < 1.29 is 19.2 Å². The van der Waals surface area contributed by atoms with Gasteiger partial charge in [0.25, 0.3) is 5.56 Å². The highest BCUT2D eigenvalue weighted by atomic mass is 19.1. The standard InChI is InChI=1S/C13H13BFNO4/c15-11-7-10(14(18)19)8-12(9-11)20-6-5-16-4-2-1-3-13(16)17/h1-4,7-9,18-19H,5-6H2. The summed E-state index contributed by atoms with van der Waals surface area (Å²) in [7, 11) is -1.76. The smallest absolute Gasteiger partial charge is 0.488 e. The van der Waals surface area contributed by atoms with Crippen molar-refractivity contribution in [2.75, 3.05) is 6.61 Å². The van der Waals surface area contributed by atoms with E-state index in [9.17, 15) is 9.18 Å². The molecule has 2 aromatic rings. The van der Waals surface area contributed by atoms with E-state index < -0.39 is 12.9 Å². The highest BCUT2D eigenvalue weighted by molar-refractivity contribution is 6.58. The lowest BCUT2D eigenvalue weighted by Crippen LogP contribution is -2.30. The van der Waals surface area contributed by atoms with E-state index in [-0.39, 0.29) is 23.4 Å². The highest BCUT2D eigenvalue weighted by Crippen LogP contribution is 2.11. The Hall–Kier alpha value is -2.12. The van der Waals surface area contributed by atoms with Crippen molar-refractivity contribution in [3.8, 4) is 5.75 Å². The Labute approximate surface area is 115 Å². The van der Waals surface area contributed by atoms with Gasteiger partial charge in [0.2, 0.25) is 0 Å². The number of halogens is 1. The van der Waals surface area contributed by atoms with Crippen LogP contribution in [0.3, 0.4) is 0 Å². The normalized spacial score (nSPS) is 10.3. The molecule has 2 N–H and O–H groups in total. The zero-order chi connectivity index (χ0) is 14.5. The third kappa shape index (κ3) is 3.69. The Kier molecular flexibility index (Phi) is 4.55. The summed E-state index contributed by atoms with van der Waals surface area (Å²) < 4.78 is 20.0. The van der Waals surface area contributed by atoms with Gasteiger partial charge in [-0.05, 0) is 23.7 Å². The molecule has 0 aliphatic carbocycles. The van der Waals surface area contributed by atoms with E-state index in [4.69, 9.17) is 14.8 Å². The fourth-order valence-corrected chi connectivity index (χ4v) is 1.72. The van der Waals surface area contributed by atoms with Gasteiger partial charge in [-0.3, -0.25) is 4.79 Å². The van der Waals surface area contributed by atoms with Gasteiger partial charge >= 0.3 is 7.12 Å². The molecular weight excluding hydrogens is 264 g/mol. The van der Waals surface area contributed by atoms with Crippen LogP contribution in [0.15, 0.2) is 47.4 Å². The van der Waals surface area contributed by atoms with E-state index in [1.165, 1.54) is 16.7 Å². The van der Waals surface area contributed by atoms with Gasteiger partial charge in [-0.25, -0.2) is 4.39 Å². The Morgan fingerprint density at radius 2 is 2.05 bits per heavy atom. The van der Waals surface area contributed by atoms with Gasteiger partial charge < -0.3 is 19.4 Å². The molecule has 0 bridgehead atoms. The van der Waals surface area contributed by atoms with E-state index in [0.717, 1.165) is 12.1 Å². The van der Waals surface area contributed by atoms with Crippen LogP contribution in [0, 0.1) is 5.82 Å². The first-order chi connectivity index (χ1) is 9.56. The molecule has 0 saturated carbocycles. The summed E-state index contributed by atoms with van der Waals surface area (Å²) >= 11 is 0. The van der Waals surface area contributed by atoms with Crippen LogP contribution in [0.5, 0.6) is 5.75 Å². The maximum Gasteiger partial charge on any atom is 0.488 e. The molecule has 0 aliphatic heterocycles. The first-order valence-corrected chi connectivity index (χ1v) is 6.01. The van der Waals surface area contributed by atoms with Crippen LogP contribution in [0.25, 0.3) is 0 Å². The largest absolute Gasteiger partial charge is 0.492 e. The number of hydrogen-bond donors (Lipinski definition) is 2. The van der Waals surface area contributed by atoms with Crippen LogP contribution in [0.2, 0.25) is 0 Å². The second-order valence-corrected chi connectivity index (χ2v) is 4.17. The van der Waals surface area contributed by atoms with E-state index in [1.54, 1.807) is 18.3 Å². The van der Waals surface area contributed by atoms with E-state index in [2.05, 4.69) is 0 Å². The zero-order valence-electron chi connectivity index (χ0n) is 10.6. The molecule has 2 rings (SSSR count). The average molecular weight is 277 g/mol.